The lowest BCUT2D eigenvalue weighted by molar-refractivity contribution is -0.376. The molecule has 0 bridgehead atoms. The van der Waals surface area contributed by atoms with Crippen LogP contribution in [-0.4, -0.2) is 43.7 Å². The Kier molecular flexibility index (Phi) is 4.90. The fourth-order valence-corrected chi connectivity index (χ4v) is 2.87. The lowest BCUT2D eigenvalue weighted by Crippen LogP contribution is -2.54. The molecule has 1 aromatic rings. The molecule has 0 aliphatic carbocycles. The number of amidine groups is 1. The number of halogens is 7. The minimum atomic E-state index is -5.98. The van der Waals surface area contributed by atoms with E-state index in [0.29, 0.717) is 25.3 Å². The van der Waals surface area contributed by atoms with E-state index in [2.05, 4.69) is 4.99 Å². The summed E-state index contributed by atoms with van der Waals surface area (Å²) in [5.74, 6) is 0. The van der Waals surface area contributed by atoms with Crippen LogP contribution in [0.4, 0.5) is 32.0 Å². The van der Waals surface area contributed by atoms with E-state index in [-0.39, 0.29) is 17.3 Å². The van der Waals surface area contributed by atoms with Crippen LogP contribution >= 0.6 is 11.6 Å². The molecule has 1 aromatic carbocycles. The van der Waals surface area contributed by atoms with Gasteiger partial charge in [0.25, 0.3) is 11.6 Å². The van der Waals surface area contributed by atoms with E-state index in [1.807, 2.05) is 0 Å². The summed E-state index contributed by atoms with van der Waals surface area (Å²) in [6.07, 6.45) is -12.0. The van der Waals surface area contributed by atoms with Gasteiger partial charge in [0.1, 0.15) is 6.61 Å². The minimum absolute atomic E-state index is 0.0184. The maximum atomic E-state index is 13.0. The highest BCUT2D eigenvalue weighted by atomic mass is 35.5. The first-order chi connectivity index (χ1) is 11.3. The third-order valence-electron chi connectivity index (χ3n) is 3.68. The molecule has 1 N–H and O–H groups in total. The maximum absolute atomic E-state index is 13.0. The number of nitrogens with zero attached hydrogens (tertiary/aromatic N) is 2. The van der Waals surface area contributed by atoms with Crippen LogP contribution in [0, 0.1) is 6.92 Å². The third-order valence-corrected chi connectivity index (χ3v) is 3.97. The molecule has 0 amide bonds. The number of benzene rings is 1. The summed E-state index contributed by atoms with van der Waals surface area (Å²) < 4.78 is 83.1. The van der Waals surface area contributed by atoms with Gasteiger partial charge in [0, 0.05) is 12.6 Å². The molecule has 1 heterocycles. The van der Waals surface area contributed by atoms with Gasteiger partial charge in [-0.05, 0) is 18.6 Å². The van der Waals surface area contributed by atoms with E-state index in [0.717, 1.165) is 0 Å². The summed E-state index contributed by atoms with van der Waals surface area (Å²) in [7, 11) is 1.46. The topological polar surface area (TPSA) is 45.1 Å². The largest absolute Gasteiger partial charge is 0.463 e. The molecule has 0 saturated carbocycles. The van der Waals surface area contributed by atoms with E-state index < -0.39 is 28.5 Å². The first kappa shape index (κ1) is 19.6. The van der Waals surface area contributed by atoms with Crippen LogP contribution in [0.1, 0.15) is 11.1 Å². The first-order valence-corrected chi connectivity index (χ1v) is 7.26. The van der Waals surface area contributed by atoms with Crippen molar-refractivity contribution in [3.05, 3.63) is 28.3 Å². The molecule has 0 aromatic heterocycles. The van der Waals surface area contributed by atoms with Crippen molar-refractivity contribution in [3.8, 4) is 0 Å². The van der Waals surface area contributed by atoms with Crippen molar-refractivity contribution in [2.45, 2.75) is 24.9 Å². The molecule has 0 radical (unpaired) electrons. The zero-order valence-electron chi connectivity index (χ0n) is 13.0. The van der Waals surface area contributed by atoms with E-state index in [1.54, 1.807) is 0 Å². The second-order valence-electron chi connectivity index (χ2n) is 5.40. The lowest BCUT2D eigenvalue weighted by atomic mass is 9.90. The van der Waals surface area contributed by atoms with Crippen molar-refractivity contribution in [2.24, 2.45) is 4.99 Å². The summed E-state index contributed by atoms with van der Waals surface area (Å²) in [5, 5.41) is 9.06. The van der Waals surface area contributed by atoms with Crippen molar-refractivity contribution >= 4 is 23.3 Å². The molecule has 0 unspecified atom stereocenters. The molecule has 140 valence electrons. The molecular formula is C14H13ClF6N2O2. The first-order valence-electron chi connectivity index (χ1n) is 6.88. The van der Waals surface area contributed by atoms with Crippen molar-refractivity contribution in [1.29, 1.82) is 0 Å². The van der Waals surface area contributed by atoms with E-state index >= 15 is 0 Å². The highest BCUT2D eigenvalue weighted by Crippen LogP contribution is 2.51. The summed E-state index contributed by atoms with van der Waals surface area (Å²) in [6, 6.07) is 1.17. The van der Waals surface area contributed by atoms with Gasteiger partial charge in [0.05, 0.1) is 17.3 Å². The molecule has 1 aliphatic heterocycles. The average molecular weight is 391 g/mol. The Morgan fingerprint density at radius 2 is 1.72 bits per heavy atom. The summed E-state index contributed by atoms with van der Waals surface area (Å²) in [5.41, 5.74) is -6.35. The van der Waals surface area contributed by atoms with Gasteiger partial charge in [0.15, 0.2) is 0 Å². The normalized spacial score (nSPS) is 15.8. The molecule has 0 saturated heterocycles. The third kappa shape index (κ3) is 3.24. The van der Waals surface area contributed by atoms with Crippen LogP contribution in [0.3, 0.4) is 0 Å². The van der Waals surface area contributed by atoms with Crippen molar-refractivity contribution in [2.75, 3.05) is 25.1 Å². The fourth-order valence-electron chi connectivity index (χ4n) is 2.48. The Balaban J connectivity index is 2.59. The van der Waals surface area contributed by atoms with E-state index in [1.165, 1.54) is 18.9 Å². The monoisotopic (exact) mass is 390 g/mol. The van der Waals surface area contributed by atoms with Gasteiger partial charge in [-0.1, -0.05) is 17.7 Å². The zero-order chi connectivity index (χ0) is 19.2. The summed E-state index contributed by atoms with van der Waals surface area (Å²) >= 11 is 5.92. The number of ether oxygens (including phenoxy) is 1. The summed E-state index contributed by atoms with van der Waals surface area (Å²) in [6.45, 7) is 1.94. The predicted molar refractivity (Wildman–Crippen MR) is 78.9 cm³/mol. The van der Waals surface area contributed by atoms with Gasteiger partial charge in [-0.2, -0.15) is 26.3 Å². The highest BCUT2D eigenvalue weighted by Gasteiger charge is 2.71. The van der Waals surface area contributed by atoms with Gasteiger partial charge >= 0.3 is 12.4 Å². The number of alkyl halides is 6. The zero-order valence-corrected chi connectivity index (χ0v) is 13.7. The van der Waals surface area contributed by atoms with Crippen LogP contribution in [0.5, 0.6) is 0 Å². The van der Waals surface area contributed by atoms with Gasteiger partial charge in [-0.25, -0.2) is 4.99 Å². The predicted octanol–water partition coefficient (Wildman–Crippen LogP) is 3.78. The number of hydrogen-bond donors (Lipinski definition) is 1. The van der Waals surface area contributed by atoms with Crippen LogP contribution in [0.15, 0.2) is 17.1 Å². The number of hydrogen-bond acceptors (Lipinski definition) is 4. The summed E-state index contributed by atoms with van der Waals surface area (Å²) in [4.78, 5) is 5.31. The fraction of sp³-hybridized carbons (Fsp3) is 0.500. The Hall–Kier alpha value is -1.68. The average Bonchev–Trinajstić information content (AvgIpc) is 2.96. The second-order valence-corrected chi connectivity index (χ2v) is 5.81. The van der Waals surface area contributed by atoms with Gasteiger partial charge < -0.3 is 9.84 Å². The number of anilines is 1. The molecular weight excluding hydrogens is 378 g/mol. The quantitative estimate of drug-likeness (QED) is 0.782. The van der Waals surface area contributed by atoms with Gasteiger partial charge in [-0.3, -0.25) is 4.90 Å². The van der Waals surface area contributed by atoms with Crippen LogP contribution in [0.25, 0.3) is 0 Å². The molecule has 25 heavy (non-hydrogen) atoms. The number of aliphatic imine (C=N–C) groups is 1. The molecule has 0 atom stereocenters. The van der Waals surface area contributed by atoms with Gasteiger partial charge in [0.2, 0.25) is 0 Å². The molecule has 1 aliphatic rings. The Morgan fingerprint density at radius 1 is 1.16 bits per heavy atom. The molecule has 0 fully saturated rings. The van der Waals surface area contributed by atoms with Crippen molar-refractivity contribution < 1.29 is 36.2 Å². The Labute approximate surface area is 143 Å². The van der Waals surface area contributed by atoms with Crippen molar-refractivity contribution in [3.63, 3.8) is 0 Å². The number of aliphatic hydroxyl groups is 1. The van der Waals surface area contributed by atoms with Crippen molar-refractivity contribution in [1.82, 2.24) is 0 Å². The van der Waals surface area contributed by atoms with E-state index in [4.69, 9.17) is 16.3 Å². The Bertz CT molecular complexity index is 665. The second kappa shape index (κ2) is 6.24. The maximum Gasteiger partial charge on any atom is 0.430 e. The molecule has 11 heteroatoms. The SMILES string of the molecule is Cc1cc(C(O)(C(F)(F)F)C(F)(F)F)cc(Cl)c1N(C)C1=NCCO1. The standard InChI is InChI=1S/C14H13ClF6N2O2/c1-7-5-8(12(24,13(16,17)18)14(19,20)21)6-9(15)10(7)23(2)11-22-3-4-25-11/h5-6,24H,3-4H2,1-2H3. The smallest absolute Gasteiger partial charge is 0.430 e. The van der Waals surface area contributed by atoms with Crippen LogP contribution in [0.2, 0.25) is 5.02 Å². The number of aryl methyl sites for hydroxylation is 1. The highest BCUT2D eigenvalue weighted by molar-refractivity contribution is 6.34. The molecule has 2 rings (SSSR count). The van der Waals surface area contributed by atoms with Crippen LogP contribution < -0.4 is 4.90 Å². The molecule has 4 nitrogen and oxygen atoms in total. The van der Waals surface area contributed by atoms with E-state index in [9.17, 15) is 31.4 Å². The van der Waals surface area contributed by atoms with Crippen LogP contribution in [-0.2, 0) is 10.3 Å². The molecule has 0 spiro atoms. The minimum Gasteiger partial charge on any atom is -0.463 e. The Morgan fingerprint density at radius 3 is 2.12 bits per heavy atom. The van der Waals surface area contributed by atoms with Gasteiger partial charge in [-0.15, -0.1) is 0 Å². The lowest BCUT2D eigenvalue weighted by Gasteiger charge is -2.33. The number of rotatable bonds is 2.